The minimum atomic E-state index is -4.05. The van der Waals surface area contributed by atoms with E-state index in [1.807, 2.05) is 18.2 Å². The number of hydrogen-bond donors (Lipinski definition) is 1. The molecule has 0 heterocycles. The molecule has 1 N–H and O–H groups in total. The van der Waals surface area contributed by atoms with Crippen molar-refractivity contribution in [2.75, 3.05) is 0 Å². The summed E-state index contributed by atoms with van der Waals surface area (Å²) in [4.78, 5) is 0. The number of nitrogens with one attached hydrogen (secondary N) is 1. The van der Waals surface area contributed by atoms with Gasteiger partial charge in [-0.3, -0.25) is 0 Å². The predicted octanol–water partition coefficient (Wildman–Crippen LogP) is 5.24. The molecule has 118 valence electrons. The Morgan fingerprint density at radius 2 is 1.90 bits per heavy atom. The van der Waals surface area contributed by atoms with Crippen LogP contribution in [0.15, 0.2) is 30.3 Å². The molecule has 0 saturated heterocycles. The zero-order valence-corrected chi connectivity index (χ0v) is 12.5. The normalized spacial score (nSPS) is 24.8. The average molecular weight is 299 g/mol. The summed E-state index contributed by atoms with van der Waals surface area (Å²) in [6, 6.07) is 10.2. The van der Waals surface area contributed by atoms with Gasteiger partial charge in [0.2, 0.25) is 0 Å². The molecule has 1 fully saturated rings. The van der Waals surface area contributed by atoms with Gasteiger partial charge in [0, 0.05) is 12.1 Å². The number of benzene rings is 1. The number of hydrogen-bond acceptors (Lipinski definition) is 1. The highest BCUT2D eigenvalue weighted by Crippen LogP contribution is 2.38. The molecule has 0 spiro atoms. The molecule has 1 aromatic carbocycles. The molecule has 1 aliphatic carbocycles. The zero-order valence-electron chi connectivity index (χ0n) is 12.5. The molecule has 0 amide bonds. The topological polar surface area (TPSA) is 12.0 Å². The first-order valence-electron chi connectivity index (χ1n) is 7.88. The third-order valence-corrected chi connectivity index (χ3v) is 4.35. The molecule has 1 aromatic rings. The third kappa shape index (κ3) is 4.73. The molecule has 3 unspecified atom stereocenters. The van der Waals surface area contributed by atoms with Crippen molar-refractivity contribution in [2.24, 2.45) is 5.92 Å². The summed E-state index contributed by atoms with van der Waals surface area (Å²) < 4.78 is 38.7. The molecule has 1 nitrogen and oxygen atoms in total. The van der Waals surface area contributed by atoms with Crippen LogP contribution in [0, 0.1) is 5.92 Å². The van der Waals surface area contributed by atoms with E-state index in [1.54, 1.807) is 0 Å². The van der Waals surface area contributed by atoms with Gasteiger partial charge in [-0.25, -0.2) is 0 Å². The van der Waals surface area contributed by atoms with Crippen LogP contribution in [0.25, 0.3) is 0 Å². The fourth-order valence-electron chi connectivity index (χ4n) is 3.24. The van der Waals surface area contributed by atoms with Gasteiger partial charge in [-0.15, -0.1) is 0 Å². The Morgan fingerprint density at radius 3 is 2.52 bits per heavy atom. The lowest BCUT2D eigenvalue weighted by Crippen LogP contribution is -2.40. The van der Waals surface area contributed by atoms with Crippen molar-refractivity contribution in [3.05, 3.63) is 35.9 Å². The van der Waals surface area contributed by atoms with Gasteiger partial charge in [0.15, 0.2) is 0 Å². The van der Waals surface area contributed by atoms with Gasteiger partial charge in [-0.1, -0.05) is 50.1 Å². The van der Waals surface area contributed by atoms with E-state index in [-0.39, 0.29) is 24.9 Å². The molecular weight excluding hydrogens is 275 g/mol. The van der Waals surface area contributed by atoms with Gasteiger partial charge in [0.05, 0.1) is 5.92 Å². The lowest BCUT2D eigenvalue weighted by molar-refractivity contribution is -0.183. The lowest BCUT2D eigenvalue weighted by atomic mass is 9.84. The van der Waals surface area contributed by atoms with Crippen LogP contribution in [0.5, 0.6) is 0 Å². The van der Waals surface area contributed by atoms with E-state index in [9.17, 15) is 13.2 Å². The molecule has 1 aliphatic rings. The van der Waals surface area contributed by atoms with Gasteiger partial charge >= 0.3 is 6.18 Å². The van der Waals surface area contributed by atoms with Crippen LogP contribution in [0.2, 0.25) is 0 Å². The molecule has 0 radical (unpaired) electrons. The van der Waals surface area contributed by atoms with Crippen LogP contribution < -0.4 is 5.32 Å². The molecule has 0 bridgehead atoms. The largest absolute Gasteiger partial charge is 0.391 e. The highest BCUT2D eigenvalue weighted by molar-refractivity contribution is 5.19. The van der Waals surface area contributed by atoms with Crippen molar-refractivity contribution in [2.45, 2.75) is 63.7 Å². The van der Waals surface area contributed by atoms with Crippen molar-refractivity contribution < 1.29 is 13.2 Å². The van der Waals surface area contributed by atoms with Crippen molar-refractivity contribution in [1.82, 2.24) is 5.32 Å². The Kier molecular flexibility index (Phi) is 5.68. The van der Waals surface area contributed by atoms with E-state index in [4.69, 9.17) is 0 Å². The van der Waals surface area contributed by atoms with Crippen molar-refractivity contribution in [3.8, 4) is 0 Å². The summed E-state index contributed by atoms with van der Waals surface area (Å²) in [5, 5.41) is 3.48. The maximum atomic E-state index is 12.9. The molecule has 21 heavy (non-hydrogen) atoms. The summed E-state index contributed by atoms with van der Waals surface area (Å²) in [6.45, 7) is 2.11. The first kappa shape index (κ1) is 16.3. The monoisotopic (exact) mass is 299 g/mol. The quantitative estimate of drug-likeness (QED) is 0.784. The number of halogens is 3. The third-order valence-electron chi connectivity index (χ3n) is 4.35. The van der Waals surface area contributed by atoms with Gasteiger partial charge in [-0.05, 0) is 31.2 Å². The van der Waals surface area contributed by atoms with Crippen LogP contribution in [0.4, 0.5) is 13.2 Å². The molecule has 3 atom stereocenters. The van der Waals surface area contributed by atoms with Gasteiger partial charge in [0.25, 0.3) is 0 Å². The Labute approximate surface area is 124 Å². The van der Waals surface area contributed by atoms with E-state index >= 15 is 0 Å². The van der Waals surface area contributed by atoms with Gasteiger partial charge in [-0.2, -0.15) is 13.2 Å². The zero-order chi connectivity index (χ0) is 15.3. The highest BCUT2D eigenvalue weighted by Gasteiger charge is 2.42. The molecular formula is C17H24F3N. The van der Waals surface area contributed by atoms with Crippen LogP contribution in [-0.4, -0.2) is 12.2 Å². The van der Waals surface area contributed by atoms with E-state index in [1.165, 1.54) is 5.56 Å². The van der Waals surface area contributed by atoms with Crippen LogP contribution >= 0.6 is 0 Å². The second kappa shape index (κ2) is 7.30. The maximum absolute atomic E-state index is 12.9. The van der Waals surface area contributed by atoms with E-state index < -0.39 is 12.1 Å². The highest BCUT2D eigenvalue weighted by atomic mass is 19.4. The SMILES string of the molecule is CCCC(NC1CCCC(C(F)(F)F)C1)c1ccccc1. The smallest absolute Gasteiger partial charge is 0.307 e. The summed E-state index contributed by atoms with van der Waals surface area (Å²) in [5.41, 5.74) is 1.17. The molecule has 1 saturated carbocycles. The number of alkyl halides is 3. The van der Waals surface area contributed by atoms with Crippen LogP contribution in [0.3, 0.4) is 0 Å². The Hall–Kier alpha value is -1.03. The molecule has 0 aromatic heterocycles. The summed E-state index contributed by atoms with van der Waals surface area (Å²) in [5.74, 6) is -1.14. The Balaban J connectivity index is 2.00. The fourth-order valence-corrected chi connectivity index (χ4v) is 3.24. The van der Waals surface area contributed by atoms with E-state index in [0.717, 1.165) is 19.3 Å². The second-order valence-electron chi connectivity index (χ2n) is 6.02. The van der Waals surface area contributed by atoms with E-state index in [2.05, 4.69) is 24.4 Å². The second-order valence-corrected chi connectivity index (χ2v) is 6.02. The summed E-state index contributed by atoms with van der Waals surface area (Å²) >= 11 is 0. The minimum absolute atomic E-state index is 0.0258. The first-order valence-corrected chi connectivity index (χ1v) is 7.88. The lowest BCUT2D eigenvalue weighted by Gasteiger charge is -2.34. The Morgan fingerprint density at radius 1 is 1.19 bits per heavy atom. The number of rotatable bonds is 5. The summed E-state index contributed by atoms with van der Waals surface area (Å²) in [6.07, 6.45) is -0.0658. The summed E-state index contributed by atoms with van der Waals surface area (Å²) in [7, 11) is 0. The van der Waals surface area contributed by atoms with Crippen molar-refractivity contribution in [3.63, 3.8) is 0 Å². The minimum Gasteiger partial charge on any atom is -0.307 e. The van der Waals surface area contributed by atoms with Crippen LogP contribution in [0.1, 0.15) is 57.1 Å². The average Bonchev–Trinajstić information content (AvgIpc) is 2.47. The molecule has 0 aliphatic heterocycles. The standard InChI is InChI=1S/C17H24F3N/c1-2-7-16(13-8-4-3-5-9-13)21-15-11-6-10-14(12-15)17(18,19)20/h3-5,8-9,14-16,21H,2,6-7,10-12H2,1H3. The van der Waals surface area contributed by atoms with Gasteiger partial charge in [0.1, 0.15) is 0 Å². The van der Waals surface area contributed by atoms with Crippen molar-refractivity contribution in [1.29, 1.82) is 0 Å². The fraction of sp³-hybridized carbons (Fsp3) is 0.647. The molecule has 4 heteroatoms. The first-order chi connectivity index (χ1) is 10.0. The van der Waals surface area contributed by atoms with Gasteiger partial charge < -0.3 is 5.32 Å². The maximum Gasteiger partial charge on any atom is 0.391 e. The Bertz CT molecular complexity index is 416. The van der Waals surface area contributed by atoms with Crippen molar-refractivity contribution >= 4 is 0 Å². The molecule has 2 rings (SSSR count). The van der Waals surface area contributed by atoms with E-state index in [0.29, 0.717) is 6.42 Å². The van der Waals surface area contributed by atoms with Crippen LogP contribution in [-0.2, 0) is 0 Å². The predicted molar refractivity (Wildman–Crippen MR) is 79.0 cm³/mol.